The van der Waals surface area contributed by atoms with Crippen LogP contribution in [0.3, 0.4) is 0 Å². The van der Waals surface area contributed by atoms with Crippen LogP contribution in [-0.2, 0) is 14.9 Å². The summed E-state index contributed by atoms with van der Waals surface area (Å²) in [6.07, 6.45) is 1.91. The zero-order valence-corrected chi connectivity index (χ0v) is 13.3. The fourth-order valence-electron chi connectivity index (χ4n) is 2.39. The van der Waals surface area contributed by atoms with Crippen LogP contribution in [0.15, 0.2) is 24.3 Å². The van der Waals surface area contributed by atoms with E-state index in [1.54, 1.807) is 0 Å². The Morgan fingerprint density at radius 3 is 2.24 bits per heavy atom. The minimum Gasteiger partial charge on any atom is -0.491 e. The van der Waals surface area contributed by atoms with E-state index in [0.29, 0.717) is 0 Å². The number of carbonyl (C=O) groups excluding carboxylic acids is 1. The Bertz CT molecular complexity index is 500. The average molecular weight is 291 g/mol. The summed E-state index contributed by atoms with van der Waals surface area (Å²) in [7, 11) is 1.37. The molecule has 4 heteroatoms. The maximum absolute atomic E-state index is 11.9. The van der Waals surface area contributed by atoms with E-state index < -0.39 is 11.5 Å². The lowest BCUT2D eigenvalue weighted by Gasteiger charge is -2.26. The molecule has 1 aromatic rings. The van der Waals surface area contributed by atoms with E-state index in [0.717, 1.165) is 18.6 Å². The highest BCUT2D eigenvalue weighted by molar-refractivity contribution is 5.81. The normalized spacial score (nSPS) is 18.0. The van der Waals surface area contributed by atoms with Crippen molar-refractivity contribution in [2.75, 3.05) is 13.7 Å². The fraction of sp³-hybridized carbons (Fsp3) is 0.588. The molecule has 0 aliphatic heterocycles. The molecule has 0 aromatic heterocycles. The maximum atomic E-state index is 11.9. The zero-order chi connectivity index (χ0) is 15.7. The van der Waals surface area contributed by atoms with E-state index in [1.165, 1.54) is 12.7 Å². The van der Waals surface area contributed by atoms with Gasteiger partial charge in [0.05, 0.1) is 7.11 Å². The third-order valence-corrected chi connectivity index (χ3v) is 4.07. The third kappa shape index (κ3) is 3.56. The molecule has 1 unspecified atom stereocenters. The lowest BCUT2D eigenvalue weighted by Crippen LogP contribution is -2.55. The van der Waals surface area contributed by atoms with Crippen molar-refractivity contribution in [3.05, 3.63) is 29.8 Å². The molecule has 1 saturated carbocycles. The highest BCUT2D eigenvalue weighted by Gasteiger charge is 2.49. The maximum Gasteiger partial charge on any atom is 0.329 e. The van der Waals surface area contributed by atoms with Gasteiger partial charge in [0.2, 0.25) is 0 Å². The van der Waals surface area contributed by atoms with Crippen molar-refractivity contribution in [1.29, 1.82) is 0 Å². The van der Waals surface area contributed by atoms with Crippen LogP contribution in [0, 0.1) is 5.92 Å². The minimum absolute atomic E-state index is 0.107. The molecule has 21 heavy (non-hydrogen) atoms. The number of hydrogen-bond donors (Lipinski definition) is 1. The van der Waals surface area contributed by atoms with Crippen molar-refractivity contribution in [1.82, 2.24) is 0 Å². The molecule has 2 rings (SSSR count). The first kappa shape index (κ1) is 15.8. The van der Waals surface area contributed by atoms with Crippen molar-refractivity contribution in [3.63, 3.8) is 0 Å². The fourth-order valence-corrected chi connectivity index (χ4v) is 2.39. The van der Waals surface area contributed by atoms with Crippen molar-refractivity contribution < 1.29 is 14.3 Å². The van der Waals surface area contributed by atoms with Gasteiger partial charge in [0.1, 0.15) is 12.4 Å². The first-order valence-corrected chi connectivity index (χ1v) is 7.38. The van der Waals surface area contributed by atoms with E-state index in [9.17, 15) is 4.79 Å². The van der Waals surface area contributed by atoms with E-state index in [4.69, 9.17) is 15.2 Å². The molecular weight excluding hydrogens is 266 g/mol. The Kier molecular flexibility index (Phi) is 4.28. The van der Waals surface area contributed by atoms with Crippen LogP contribution in [0.1, 0.15) is 39.2 Å². The SMILES string of the molecule is COC(=O)C(N)(COc1ccc(C(C)(C)C)cc1)C1CC1. The predicted octanol–water partition coefficient (Wildman–Crippen LogP) is 2.64. The molecule has 0 spiro atoms. The zero-order valence-electron chi connectivity index (χ0n) is 13.3. The van der Waals surface area contributed by atoms with E-state index in [-0.39, 0.29) is 17.9 Å². The van der Waals surface area contributed by atoms with Crippen molar-refractivity contribution in [3.8, 4) is 5.75 Å². The van der Waals surface area contributed by atoms with Crippen molar-refractivity contribution in [2.24, 2.45) is 11.7 Å². The number of benzene rings is 1. The molecule has 0 heterocycles. The molecule has 0 amide bonds. The summed E-state index contributed by atoms with van der Waals surface area (Å²) in [5.74, 6) is 0.498. The molecule has 1 aliphatic rings. The van der Waals surface area contributed by atoms with Gasteiger partial charge in [-0.1, -0.05) is 32.9 Å². The third-order valence-electron chi connectivity index (χ3n) is 4.07. The highest BCUT2D eigenvalue weighted by Crippen LogP contribution is 2.39. The summed E-state index contributed by atoms with van der Waals surface area (Å²) < 4.78 is 10.6. The molecule has 2 N–H and O–H groups in total. The van der Waals surface area contributed by atoms with Gasteiger partial charge in [-0.2, -0.15) is 0 Å². The second-order valence-electron chi connectivity index (χ2n) is 6.87. The number of rotatable bonds is 5. The Morgan fingerprint density at radius 2 is 1.81 bits per heavy atom. The molecule has 1 aromatic carbocycles. The van der Waals surface area contributed by atoms with Gasteiger partial charge < -0.3 is 15.2 Å². The van der Waals surface area contributed by atoms with Crippen LogP contribution < -0.4 is 10.5 Å². The molecule has 0 radical (unpaired) electrons. The van der Waals surface area contributed by atoms with Crippen molar-refractivity contribution in [2.45, 2.75) is 44.6 Å². The van der Waals surface area contributed by atoms with Crippen LogP contribution in [-0.4, -0.2) is 25.2 Å². The van der Waals surface area contributed by atoms with Gasteiger partial charge in [-0.25, -0.2) is 4.79 Å². The van der Waals surface area contributed by atoms with Crippen LogP contribution >= 0.6 is 0 Å². The molecular formula is C17H25NO3. The lowest BCUT2D eigenvalue weighted by atomic mass is 9.87. The Balaban J connectivity index is 2.03. The summed E-state index contributed by atoms with van der Waals surface area (Å²) in [5, 5.41) is 0. The average Bonchev–Trinajstić information content (AvgIpc) is 3.28. The van der Waals surface area contributed by atoms with Crippen LogP contribution in [0.2, 0.25) is 0 Å². The van der Waals surface area contributed by atoms with Gasteiger partial charge >= 0.3 is 5.97 Å². The number of carbonyl (C=O) groups is 1. The molecule has 1 aliphatic carbocycles. The predicted molar refractivity (Wildman–Crippen MR) is 82.3 cm³/mol. The van der Waals surface area contributed by atoms with E-state index >= 15 is 0 Å². The summed E-state index contributed by atoms with van der Waals surface area (Å²) in [5.41, 5.74) is 6.52. The monoisotopic (exact) mass is 291 g/mol. The molecule has 1 atom stereocenters. The Morgan fingerprint density at radius 1 is 1.24 bits per heavy atom. The largest absolute Gasteiger partial charge is 0.491 e. The lowest BCUT2D eigenvalue weighted by molar-refractivity contribution is -0.149. The van der Waals surface area contributed by atoms with Gasteiger partial charge in [-0.15, -0.1) is 0 Å². The second kappa shape index (κ2) is 5.68. The van der Waals surface area contributed by atoms with Crippen LogP contribution in [0.5, 0.6) is 5.75 Å². The standard InChI is InChI=1S/C17H25NO3/c1-16(2,3)12-7-9-14(10-8-12)21-11-17(18,13-5-6-13)15(19)20-4/h7-10,13H,5-6,11,18H2,1-4H3. The Labute approximate surface area is 126 Å². The molecule has 0 saturated heterocycles. The van der Waals surface area contributed by atoms with Crippen LogP contribution in [0.4, 0.5) is 0 Å². The highest BCUT2D eigenvalue weighted by atomic mass is 16.5. The van der Waals surface area contributed by atoms with Gasteiger partial charge in [0.15, 0.2) is 5.54 Å². The number of hydrogen-bond acceptors (Lipinski definition) is 4. The summed E-state index contributed by atoms with van der Waals surface area (Å²) in [6.45, 7) is 6.65. The Hall–Kier alpha value is -1.55. The quantitative estimate of drug-likeness (QED) is 0.847. The molecule has 1 fully saturated rings. The van der Waals surface area contributed by atoms with Gasteiger partial charge in [-0.3, -0.25) is 0 Å². The number of methoxy groups -OCH3 is 1. The summed E-state index contributed by atoms with van der Waals surface area (Å²) in [6, 6.07) is 7.93. The van der Waals surface area contributed by atoms with E-state index in [2.05, 4.69) is 20.8 Å². The van der Waals surface area contributed by atoms with E-state index in [1.807, 2.05) is 24.3 Å². The number of ether oxygens (including phenoxy) is 2. The smallest absolute Gasteiger partial charge is 0.329 e. The molecule has 0 bridgehead atoms. The topological polar surface area (TPSA) is 61.5 Å². The number of esters is 1. The first-order chi connectivity index (χ1) is 9.77. The number of nitrogens with two attached hydrogens (primary N) is 1. The minimum atomic E-state index is -1.03. The summed E-state index contributed by atoms with van der Waals surface area (Å²) in [4.78, 5) is 11.9. The molecule has 4 nitrogen and oxygen atoms in total. The summed E-state index contributed by atoms with van der Waals surface area (Å²) >= 11 is 0. The van der Waals surface area contributed by atoms with Crippen molar-refractivity contribution >= 4 is 5.97 Å². The van der Waals surface area contributed by atoms with Gasteiger partial charge in [-0.05, 0) is 41.9 Å². The molecule has 116 valence electrons. The van der Waals surface area contributed by atoms with Crippen LogP contribution in [0.25, 0.3) is 0 Å². The van der Waals surface area contributed by atoms with Gasteiger partial charge in [0.25, 0.3) is 0 Å². The van der Waals surface area contributed by atoms with Gasteiger partial charge in [0, 0.05) is 0 Å². The second-order valence-corrected chi connectivity index (χ2v) is 6.87. The first-order valence-electron chi connectivity index (χ1n) is 7.38.